The van der Waals surface area contributed by atoms with Gasteiger partial charge in [-0.3, -0.25) is 0 Å². The van der Waals surface area contributed by atoms with Gasteiger partial charge in [0.15, 0.2) is 0 Å². The quantitative estimate of drug-likeness (QED) is 0.855. The third-order valence-corrected chi connectivity index (χ3v) is 4.36. The number of hydrogen-bond donors (Lipinski definition) is 1. The van der Waals surface area contributed by atoms with Crippen LogP contribution in [0.2, 0.25) is 0 Å². The highest BCUT2D eigenvalue weighted by Crippen LogP contribution is 2.39. The summed E-state index contributed by atoms with van der Waals surface area (Å²) >= 11 is 5.08. The van der Waals surface area contributed by atoms with E-state index in [0.29, 0.717) is 19.4 Å². The fraction of sp³-hybridized carbons (Fsp3) is 0.600. The molecule has 1 saturated heterocycles. The molecule has 2 heterocycles. The van der Waals surface area contributed by atoms with Crippen molar-refractivity contribution in [3.8, 4) is 0 Å². The van der Waals surface area contributed by atoms with Crippen LogP contribution in [0.4, 0.5) is 0 Å². The molecule has 2 nitrogen and oxygen atoms in total. The molecule has 4 heteroatoms. The van der Waals surface area contributed by atoms with Gasteiger partial charge in [-0.25, -0.2) is 0 Å². The second-order valence-electron chi connectivity index (χ2n) is 3.80. The van der Waals surface area contributed by atoms with Gasteiger partial charge in [-0.15, -0.1) is 0 Å². The Kier molecular flexibility index (Phi) is 2.98. The van der Waals surface area contributed by atoms with E-state index in [0.717, 1.165) is 10.0 Å². The molecular weight excluding hydrogens is 264 g/mol. The van der Waals surface area contributed by atoms with E-state index in [1.165, 1.54) is 0 Å². The number of ether oxygens (including phenoxy) is 1. The Balaban J connectivity index is 2.27. The van der Waals surface area contributed by atoms with E-state index in [9.17, 15) is 5.11 Å². The average molecular weight is 277 g/mol. The lowest BCUT2D eigenvalue weighted by Gasteiger charge is -2.35. The van der Waals surface area contributed by atoms with Gasteiger partial charge < -0.3 is 9.84 Å². The minimum atomic E-state index is -0.698. The van der Waals surface area contributed by atoms with Crippen LogP contribution in [0.5, 0.6) is 0 Å². The molecule has 78 valence electrons. The molecule has 0 aliphatic carbocycles. The summed E-state index contributed by atoms with van der Waals surface area (Å²) in [6, 6.07) is 0. The van der Waals surface area contributed by atoms with E-state index in [2.05, 4.69) is 15.9 Å². The zero-order valence-corrected chi connectivity index (χ0v) is 10.4. The Labute approximate surface area is 96.0 Å². The van der Waals surface area contributed by atoms with Crippen molar-refractivity contribution >= 4 is 27.3 Å². The molecule has 1 aromatic rings. The van der Waals surface area contributed by atoms with E-state index in [1.54, 1.807) is 11.3 Å². The lowest BCUT2D eigenvalue weighted by atomic mass is 9.86. The number of hydrogen-bond acceptors (Lipinski definition) is 3. The molecule has 1 aromatic heterocycles. The number of thiophene rings is 1. The molecule has 0 bridgehead atoms. The van der Waals surface area contributed by atoms with Crippen LogP contribution in [-0.4, -0.2) is 17.8 Å². The Morgan fingerprint density at radius 3 is 3.00 bits per heavy atom. The van der Waals surface area contributed by atoms with E-state index in [1.807, 2.05) is 17.7 Å². The molecule has 2 unspecified atom stereocenters. The highest BCUT2D eigenvalue weighted by Gasteiger charge is 2.36. The topological polar surface area (TPSA) is 29.5 Å². The molecule has 14 heavy (non-hydrogen) atoms. The van der Waals surface area contributed by atoms with Crippen LogP contribution >= 0.6 is 27.3 Å². The number of rotatable bonds is 1. The monoisotopic (exact) mass is 276 g/mol. The lowest BCUT2D eigenvalue weighted by Crippen LogP contribution is -2.37. The highest BCUT2D eigenvalue weighted by atomic mass is 79.9. The van der Waals surface area contributed by atoms with E-state index >= 15 is 0 Å². The molecular formula is C10H13BrO2S. The van der Waals surface area contributed by atoms with Crippen molar-refractivity contribution in [3.05, 3.63) is 20.8 Å². The standard InChI is InChI=1S/C10H13BrO2S/c1-7-4-10(12,2-3-13-7)8-5-14-6-9(8)11/h5-7,12H,2-4H2,1H3. The summed E-state index contributed by atoms with van der Waals surface area (Å²) < 4.78 is 6.45. The predicted octanol–water partition coefficient (Wildman–Crippen LogP) is 2.90. The van der Waals surface area contributed by atoms with Crippen molar-refractivity contribution in [3.63, 3.8) is 0 Å². The maximum atomic E-state index is 10.5. The van der Waals surface area contributed by atoms with Crippen LogP contribution in [0, 0.1) is 0 Å². The van der Waals surface area contributed by atoms with Gasteiger partial charge in [0.2, 0.25) is 0 Å². The average Bonchev–Trinajstić information content (AvgIpc) is 2.51. The Morgan fingerprint density at radius 1 is 1.64 bits per heavy atom. The van der Waals surface area contributed by atoms with Crippen molar-refractivity contribution in [2.24, 2.45) is 0 Å². The maximum Gasteiger partial charge on any atom is 0.0961 e. The summed E-state index contributed by atoms with van der Waals surface area (Å²) in [6.07, 6.45) is 1.51. The zero-order chi connectivity index (χ0) is 10.2. The molecule has 0 aromatic carbocycles. The summed E-state index contributed by atoms with van der Waals surface area (Å²) in [6.45, 7) is 2.64. The van der Waals surface area contributed by atoms with Gasteiger partial charge in [-0.05, 0) is 28.2 Å². The Bertz CT molecular complexity index is 326. The fourth-order valence-corrected chi connectivity index (χ4v) is 3.68. The molecule has 1 aliphatic rings. The molecule has 1 fully saturated rings. The summed E-state index contributed by atoms with van der Waals surface area (Å²) in [4.78, 5) is 0. The Morgan fingerprint density at radius 2 is 2.43 bits per heavy atom. The van der Waals surface area contributed by atoms with Crippen LogP contribution < -0.4 is 0 Å². The molecule has 1 aliphatic heterocycles. The van der Waals surface area contributed by atoms with E-state index in [-0.39, 0.29) is 6.10 Å². The summed E-state index contributed by atoms with van der Waals surface area (Å²) in [5.74, 6) is 0. The van der Waals surface area contributed by atoms with Crippen molar-refractivity contribution in [2.45, 2.75) is 31.5 Å². The third-order valence-electron chi connectivity index (χ3n) is 2.66. The summed E-state index contributed by atoms with van der Waals surface area (Å²) in [7, 11) is 0. The number of aliphatic hydroxyl groups is 1. The first-order valence-corrected chi connectivity index (χ1v) is 6.41. The van der Waals surface area contributed by atoms with Crippen LogP contribution in [-0.2, 0) is 10.3 Å². The second-order valence-corrected chi connectivity index (χ2v) is 5.40. The molecule has 0 spiro atoms. The van der Waals surface area contributed by atoms with Gasteiger partial charge >= 0.3 is 0 Å². The van der Waals surface area contributed by atoms with Gasteiger partial charge in [0.25, 0.3) is 0 Å². The third kappa shape index (κ3) is 1.89. The normalized spacial score (nSPS) is 33.2. The maximum absolute atomic E-state index is 10.5. The van der Waals surface area contributed by atoms with Crippen molar-refractivity contribution in [1.29, 1.82) is 0 Å². The van der Waals surface area contributed by atoms with Gasteiger partial charge in [-0.2, -0.15) is 11.3 Å². The first-order valence-electron chi connectivity index (χ1n) is 4.68. The predicted molar refractivity (Wildman–Crippen MR) is 60.6 cm³/mol. The smallest absolute Gasteiger partial charge is 0.0961 e. The molecule has 0 radical (unpaired) electrons. The fourth-order valence-electron chi connectivity index (χ4n) is 1.92. The van der Waals surface area contributed by atoms with Gasteiger partial charge in [0, 0.05) is 28.3 Å². The van der Waals surface area contributed by atoms with Crippen LogP contribution in [0.15, 0.2) is 15.2 Å². The molecule has 0 saturated carbocycles. The van der Waals surface area contributed by atoms with Gasteiger partial charge in [0.05, 0.1) is 18.3 Å². The largest absolute Gasteiger partial charge is 0.385 e. The van der Waals surface area contributed by atoms with Crippen molar-refractivity contribution in [2.75, 3.05) is 6.61 Å². The highest BCUT2D eigenvalue weighted by molar-refractivity contribution is 9.10. The van der Waals surface area contributed by atoms with Crippen molar-refractivity contribution < 1.29 is 9.84 Å². The molecule has 1 N–H and O–H groups in total. The van der Waals surface area contributed by atoms with E-state index < -0.39 is 5.60 Å². The number of halogens is 1. The minimum Gasteiger partial charge on any atom is -0.385 e. The summed E-state index contributed by atoms with van der Waals surface area (Å²) in [5, 5.41) is 14.5. The Hall–Kier alpha value is 0.1000. The zero-order valence-electron chi connectivity index (χ0n) is 8.00. The van der Waals surface area contributed by atoms with Crippen LogP contribution in [0.25, 0.3) is 0 Å². The molecule has 2 atom stereocenters. The first-order chi connectivity index (χ1) is 6.62. The van der Waals surface area contributed by atoms with Crippen molar-refractivity contribution in [1.82, 2.24) is 0 Å². The molecule has 2 rings (SSSR count). The second kappa shape index (κ2) is 3.93. The van der Waals surface area contributed by atoms with Gasteiger partial charge in [0.1, 0.15) is 0 Å². The van der Waals surface area contributed by atoms with Crippen LogP contribution in [0.3, 0.4) is 0 Å². The van der Waals surface area contributed by atoms with Crippen LogP contribution in [0.1, 0.15) is 25.3 Å². The summed E-state index contributed by atoms with van der Waals surface area (Å²) in [5.41, 5.74) is 0.314. The SMILES string of the molecule is CC1CC(O)(c2cscc2Br)CCO1. The van der Waals surface area contributed by atoms with E-state index in [4.69, 9.17) is 4.74 Å². The van der Waals surface area contributed by atoms with Gasteiger partial charge in [-0.1, -0.05) is 0 Å². The molecule has 0 amide bonds. The first kappa shape index (κ1) is 10.6. The lowest BCUT2D eigenvalue weighted by molar-refractivity contribution is -0.101. The minimum absolute atomic E-state index is 0.139.